The molecule has 0 bridgehead atoms. The summed E-state index contributed by atoms with van der Waals surface area (Å²) in [6.45, 7) is 7.48. The number of aromatic nitrogens is 3. The van der Waals surface area contributed by atoms with Crippen LogP contribution < -0.4 is 25.0 Å². The van der Waals surface area contributed by atoms with Gasteiger partial charge in [0, 0.05) is 80.8 Å². The number of nitro groups is 1. The quantitative estimate of drug-likeness (QED) is 0.0656. The third-order valence-corrected chi connectivity index (χ3v) is 16.0. The van der Waals surface area contributed by atoms with Crippen LogP contribution in [0.2, 0.25) is 0 Å². The van der Waals surface area contributed by atoms with Gasteiger partial charge in [0.15, 0.2) is 0 Å². The molecule has 2 aromatic carbocycles. The Morgan fingerprint density at radius 2 is 1.73 bits per heavy atom. The van der Waals surface area contributed by atoms with Crippen molar-refractivity contribution in [2.75, 3.05) is 49.5 Å². The van der Waals surface area contributed by atoms with Crippen LogP contribution in [0.5, 0.6) is 11.5 Å². The zero-order valence-corrected chi connectivity index (χ0v) is 37.1. The molecule has 10 rings (SSSR count). The van der Waals surface area contributed by atoms with Crippen molar-refractivity contribution in [3.63, 3.8) is 0 Å². The van der Waals surface area contributed by atoms with Gasteiger partial charge >= 0.3 is 5.69 Å². The molecular formula is C48H57N9O6S. The number of piperazine rings is 1. The molecular weight excluding hydrogens is 831 g/mol. The van der Waals surface area contributed by atoms with Gasteiger partial charge in [-0.2, -0.15) is 0 Å². The van der Waals surface area contributed by atoms with Crippen LogP contribution in [0.15, 0.2) is 84.1 Å². The van der Waals surface area contributed by atoms with Crippen LogP contribution >= 0.6 is 0 Å². The Hall–Kier alpha value is -5.58. The second kappa shape index (κ2) is 17.4. The van der Waals surface area contributed by atoms with Gasteiger partial charge in [-0.3, -0.25) is 19.8 Å². The number of amides is 1. The number of carbonyl (C=O) groups excluding carboxylic acids is 1. The molecule has 16 heteroatoms. The molecule has 0 radical (unpaired) electrons. The molecule has 5 fully saturated rings. The monoisotopic (exact) mass is 887 g/mol. The summed E-state index contributed by atoms with van der Waals surface area (Å²) in [4.78, 5) is 41.7. The van der Waals surface area contributed by atoms with E-state index in [0.29, 0.717) is 53.2 Å². The van der Waals surface area contributed by atoms with E-state index in [9.17, 15) is 23.3 Å². The molecule has 2 aliphatic heterocycles. The summed E-state index contributed by atoms with van der Waals surface area (Å²) in [5.41, 5.74) is 4.38. The first-order valence-electron chi connectivity index (χ1n) is 23.0. The number of nitrogens with zero attached hydrogens (tertiary/aromatic N) is 5. The minimum Gasteiger partial charge on any atom is -0.455 e. The number of anilines is 2. The van der Waals surface area contributed by atoms with Gasteiger partial charge in [-0.05, 0) is 110 Å². The van der Waals surface area contributed by atoms with Gasteiger partial charge in [0.25, 0.3) is 15.9 Å². The second-order valence-corrected chi connectivity index (χ2v) is 20.7. The minimum absolute atomic E-state index is 0.00702. The van der Waals surface area contributed by atoms with Crippen LogP contribution in [0.3, 0.4) is 0 Å². The molecule has 64 heavy (non-hydrogen) atoms. The fourth-order valence-electron chi connectivity index (χ4n) is 10.8. The van der Waals surface area contributed by atoms with E-state index in [-0.39, 0.29) is 17.1 Å². The highest BCUT2D eigenvalue weighted by atomic mass is 32.2. The highest BCUT2D eigenvalue weighted by Crippen LogP contribution is 2.54. The van der Waals surface area contributed by atoms with Gasteiger partial charge in [0.05, 0.1) is 22.9 Å². The Morgan fingerprint density at radius 3 is 2.50 bits per heavy atom. The van der Waals surface area contributed by atoms with Crippen molar-refractivity contribution in [1.82, 2.24) is 29.9 Å². The summed E-state index contributed by atoms with van der Waals surface area (Å²) in [5.74, 6) is 1.30. The number of pyridine rings is 2. The van der Waals surface area contributed by atoms with E-state index in [2.05, 4.69) is 71.3 Å². The molecule has 5 aromatic rings. The molecule has 15 nitrogen and oxygen atoms in total. The number of H-pyrrole nitrogens is 1. The van der Waals surface area contributed by atoms with Crippen LogP contribution in [0.1, 0.15) is 105 Å². The van der Waals surface area contributed by atoms with Crippen LogP contribution in [-0.2, 0) is 10.0 Å². The van der Waals surface area contributed by atoms with Crippen molar-refractivity contribution < 1.29 is 22.9 Å². The van der Waals surface area contributed by atoms with E-state index in [1.54, 1.807) is 36.2 Å². The van der Waals surface area contributed by atoms with Crippen molar-refractivity contribution in [2.24, 2.45) is 17.3 Å². The Bertz CT molecular complexity index is 2640. The number of hydrogen-bond acceptors (Lipinski definition) is 12. The first kappa shape index (κ1) is 42.4. The van der Waals surface area contributed by atoms with E-state index in [1.807, 2.05) is 12.1 Å². The maximum Gasteiger partial charge on any atom is 0.312 e. The van der Waals surface area contributed by atoms with Crippen molar-refractivity contribution in [1.29, 1.82) is 0 Å². The molecule has 1 atom stereocenters. The predicted molar refractivity (Wildman–Crippen MR) is 245 cm³/mol. The maximum atomic E-state index is 14.0. The number of ether oxygens (including phenoxy) is 1. The predicted octanol–water partition coefficient (Wildman–Crippen LogP) is 8.29. The zero-order chi connectivity index (χ0) is 44.0. The summed E-state index contributed by atoms with van der Waals surface area (Å²) in [6.07, 6.45) is 15.7. The number of aromatic amines is 1. The summed E-state index contributed by atoms with van der Waals surface area (Å²) in [5, 5.41) is 19.7. The van der Waals surface area contributed by atoms with E-state index >= 15 is 0 Å². The fourth-order valence-corrected chi connectivity index (χ4v) is 11.7. The average molecular weight is 888 g/mol. The van der Waals surface area contributed by atoms with E-state index in [0.717, 1.165) is 94.6 Å². The van der Waals surface area contributed by atoms with Crippen LogP contribution in [0, 0.1) is 27.4 Å². The molecule has 1 amide bonds. The fraction of sp³-hybridized carbons (Fsp3) is 0.479. The number of sulfonamides is 1. The SMILES string of the molecule is C[C@H]1CC[C@@H](CNc2ncc(S(=O)(=O)NC(=O)c3ccc(N4CCC5(CC4)CC(N4CCNC[C@H]4c4ccccc4C4CC4)C5)cc3Oc3cnc4[nH]ccc4c3)cc2[N+](=O)[O-])CC1. The normalized spacial score (nSPS) is 22.8. The number of fused-ring (bicyclic) bond motifs is 1. The highest BCUT2D eigenvalue weighted by Gasteiger charge is 2.50. The first-order chi connectivity index (χ1) is 31.0. The van der Waals surface area contributed by atoms with Crippen LogP contribution in [0.25, 0.3) is 11.0 Å². The molecule has 5 heterocycles. The lowest BCUT2D eigenvalue weighted by Crippen LogP contribution is -2.59. The molecule has 0 unspecified atom stereocenters. The van der Waals surface area contributed by atoms with Crippen molar-refractivity contribution in [3.8, 4) is 11.5 Å². The average Bonchev–Trinajstić information content (AvgIpc) is 4.04. The molecule has 4 N–H and O–H groups in total. The van der Waals surface area contributed by atoms with Crippen LogP contribution in [-0.4, -0.2) is 84.4 Å². The third kappa shape index (κ3) is 8.79. The lowest BCUT2D eigenvalue weighted by Gasteiger charge is -2.57. The van der Waals surface area contributed by atoms with Gasteiger partial charge in [-0.15, -0.1) is 0 Å². The number of rotatable bonds is 13. The molecule has 3 aliphatic carbocycles. The Balaban J connectivity index is 0.838. The largest absolute Gasteiger partial charge is 0.455 e. The molecule has 3 saturated carbocycles. The molecule has 336 valence electrons. The number of carbonyl (C=O) groups is 1. The molecule has 3 aromatic heterocycles. The Kier molecular flexibility index (Phi) is 11.5. The molecule has 5 aliphatic rings. The van der Waals surface area contributed by atoms with E-state index < -0.39 is 31.4 Å². The Morgan fingerprint density at radius 1 is 0.953 bits per heavy atom. The van der Waals surface area contributed by atoms with Gasteiger partial charge in [-0.1, -0.05) is 44.0 Å². The van der Waals surface area contributed by atoms with Gasteiger partial charge < -0.3 is 25.3 Å². The summed E-state index contributed by atoms with van der Waals surface area (Å²) >= 11 is 0. The van der Waals surface area contributed by atoms with Gasteiger partial charge in [0.2, 0.25) is 5.82 Å². The number of nitrogens with one attached hydrogen (secondary N) is 4. The maximum absolute atomic E-state index is 14.0. The summed E-state index contributed by atoms with van der Waals surface area (Å²) in [7, 11) is -4.59. The third-order valence-electron chi connectivity index (χ3n) is 14.7. The minimum atomic E-state index is -4.59. The standard InChI is InChI=1S/C48H57N9O6S/c1-31-6-8-32(9-7-31)27-51-46-42(57(59)60)24-38(29-53-46)64(61,62)54-47(58)41-13-12-35(23-44(41)63-37-22-34-14-17-50-45(34)52-28-37)55-19-15-48(16-20-55)25-36(26-48)56-21-18-49-30-43(56)40-5-3-2-4-39(40)33-10-11-33/h2-5,12-14,17,22-24,28-29,31-33,36,43,49H,6-11,15-16,18-21,25-27,30H2,1H3,(H,50,52)(H,51,53)(H,54,58)/t31-,32+,43-/m0/s1. The molecule has 2 saturated heterocycles. The zero-order valence-electron chi connectivity index (χ0n) is 36.3. The highest BCUT2D eigenvalue weighted by molar-refractivity contribution is 7.90. The number of benzene rings is 2. The summed E-state index contributed by atoms with van der Waals surface area (Å²) < 4.78 is 35.9. The van der Waals surface area contributed by atoms with Crippen molar-refractivity contribution in [2.45, 2.75) is 94.0 Å². The lowest BCUT2D eigenvalue weighted by molar-refractivity contribution is -0.384. The number of hydrogen-bond donors (Lipinski definition) is 4. The smallest absolute Gasteiger partial charge is 0.312 e. The Labute approximate surface area is 374 Å². The van der Waals surface area contributed by atoms with Crippen molar-refractivity contribution >= 4 is 44.2 Å². The second-order valence-electron chi connectivity index (χ2n) is 19.0. The van der Waals surface area contributed by atoms with Crippen molar-refractivity contribution in [3.05, 3.63) is 106 Å². The van der Waals surface area contributed by atoms with E-state index in [1.165, 1.54) is 31.2 Å². The summed E-state index contributed by atoms with van der Waals surface area (Å²) in [6, 6.07) is 19.8. The molecule has 1 spiro atoms. The topological polar surface area (TPSA) is 188 Å². The van der Waals surface area contributed by atoms with Crippen LogP contribution in [0.4, 0.5) is 17.2 Å². The number of piperidine rings is 1. The van der Waals surface area contributed by atoms with Gasteiger partial charge in [0.1, 0.15) is 22.0 Å². The van der Waals surface area contributed by atoms with E-state index in [4.69, 9.17) is 4.74 Å². The van der Waals surface area contributed by atoms with Gasteiger partial charge in [-0.25, -0.2) is 23.1 Å². The lowest BCUT2D eigenvalue weighted by atomic mass is 9.59. The first-order valence-corrected chi connectivity index (χ1v) is 24.5.